The Morgan fingerprint density at radius 3 is 2.48 bits per heavy atom. The zero-order valence-corrected chi connectivity index (χ0v) is 11.1. The van der Waals surface area contributed by atoms with Gasteiger partial charge in [0.2, 0.25) is 5.91 Å². The van der Waals surface area contributed by atoms with Crippen LogP contribution in [0.15, 0.2) is 24.3 Å². The van der Waals surface area contributed by atoms with E-state index in [4.69, 9.17) is 0 Å². The van der Waals surface area contributed by atoms with Gasteiger partial charge in [0.05, 0.1) is 11.3 Å². The summed E-state index contributed by atoms with van der Waals surface area (Å²) in [5.41, 5.74) is -0.894. The van der Waals surface area contributed by atoms with Gasteiger partial charge in [-0.05, 0) is 31.0 Å². The van der Waals surface area contributed by atoms with Crippen LogP contribution in [-0.4, -0.2) is 29.4 Å². The third kappa shape index (κ3) is 2.59. The van der Waals surface area contributed by atoms with Gasteiger partial charge in [0.15, 0.2) is 0 Å². The maximum Gasteiger partial charge on any atom is 0.416 e. The number of carbonyl (C=O) groups is 2. The maximum atomic E-state index is 12.7. The fraction of sp³-hybridized carbons (Fsp3) is 0.429. The summed E-state index contributed by atoms with van der Waals surface area (Å²) >= 11 is 0. The van der Waals surface area contributed by atoms with Gasteiger partial charge < -0.3 is 4.90 Å². The molecule has 112 valence electrons. The molecule has 1 saturated heterocycles. The predicted molar refractivity (Wildman–Crippen MR) is 68.7 cm³/mol. The maximum absolute atomic E-state index is 12.7. The molecule has 1 aromatic carbocycles. The number of benzene rings is 1. The van der Waals surface area contributed by atoms with E-state index in [1.54, 1.807) is 4.90 Å². The van der Waals surface area contributed by atoms with Gasteiger partial charge in [0, 0.05) is 19.0 Å². The van der Waals surface area contributed by atoms with E-state index in [0.29, 0.717) is 6.54 Å². The summed E-state index contributed by atoms with van der Waals surface area (Å²) in [7, 11) is 0. The molecule has 0 bridgehead atoms. The van der Waals surface area contributed by atoms with E-state index in [-0.39, 0.29) is 18.2 Å². The first-order chi connectivity index (χ1) is 9.88. The molecule has 1 saturated carbocycles. The Morgan fingerprint density at radius 1 is 1.14 bits per heavy atom. The second kappa shape index (κ2) is 4.75. The van der Waals surface area contributed by atoms with Gasteiger partial charge in [-0.25, -0.2) is 9.69 Å². The van der Waals surface area contributed by atoms with E-state index < -0.39 is 23.7 Å². The van der Waals surface area contributed by atoms with Crippen LogP contribution in [0.25, 0.3) is 0 Å². The molecule has 0 spiro atoms. The molecule has 0 aromatic heterocycles. The number of imide groups is 1. The lowest BCUT2D eigenvalue weighted by Crippen LogP contribution is -2.53. The fourth-order valence-corrected chi connectivity index (χ4v) is 2.46. The lowest BCUT2D eigenvalue weighted by molar-refractivity contribution is -0.137. The van der Waals surface area contributed by atoms with Gasteiger partial charge in [-0.2, -0.15) is 13.2 Å². The molecule has 3 rings (SSSR count). The highest BCUT2D eigenvalue weighted by atomic mass is 19.4. The molecular formula is C14H13F3N2O2. The smallest absolute Gasteiger partial charge is 0.320 e. The van der Waals surface area contributed by atoms with Gasteiger partial charge >= 0.3 is 12.2 Å². The van der Waals surface area contributed by atoms with Crippen molar-refractivity contribution in [2.75, 3.05) is 11.4 Å². The SMILES string of the molecule is O=C1CCN(C2CC2)C(=O)N1c1cccc(C(F)(F)F)c1. The lowest BCUT2D eigenvalue weighted by Gasteiger charge is -2.34. The van der Waals surface area contributed by atoms with E-state index in [1.165, 1.54) is 12.1 Å². The number of amides is 3. The average Bonchev–Trinajstić information content (AvgIpc) is 3.23. The minimum absolute atomic E-state index is 0.0230. The Bertz CT molecular complexity index is 596. The molecule has 0 N–H and O–H groups in total. The van der Waals surface area contributed by atoms with Gasteiger partial charge in [0.1, 0.15) is 0 Å². The summed E-state index contributed by atoms with van der Waals surface area (Å²) < 4.78 is 38.2. The van der Waals surface area contributed by atoms with Crippen LogP contribution in [0.2, 0.25) is 0 Å². The Labute approximate surface area is 119 Å². The zero-order valence-electron chi connectivity index (χ0n) is 11.1. The van der Waals surface area contributed by atoms with E-state index >= 15 is 0 Å². The van der Waals surface area contributed by atoms with Crippen molar-refractivity contribution in [2.24, 2.45) is 0 Å². The number of anilines is 1. The number of hydrogen-bond donors (Lipinski definition) is 0. The van der Waals surface area contributed by atoms with Crippen LogP contribution in [0, 0.1) is 0 Å². The fourth-order valence-electron chi connectivity index (χ4n) is 2.46. The minimum Gasteiger partial charge on any atom is -0.320 e. The van der Waals surface area contributed by atoms with Gasteiger partial charge in [-0.1, -0.05) is 6.07 Å². The third-order valence-corrected chi connectivity index (χ3v) is 3.67. The zero-order chi connectivity index (χ0) is 15.2. The first-order valence-electron chi connectivity index (χ1n) is 6.69. The second-order valence-electron chi connectivity index (χ2n) is 5.23. The number of urea groups is 1. The van der Waals surface area contributed by atoms with Crippen LogP contribution in [0.5, 0.6) is 0 Å². The van der Waals surface area contributed by atoms with Gasteiger partial charge in [0.25, 0.3) is 0 Å². The van der Waals surface area contributed by atoms with Crippen molar-refractivity contribution in [3.63, 3.8) is 0 Å². The summed E-state index contributed by atoms with van der Waals surface area (Å²) in [5.74, 6) is -0.462. The summed E-state index contributed by atoms with van der Waals surface area (Å²) in [6, 6.07) is 3.91. The molecule has 2 fully saturated rings. The van der Waals surface area contributed by atoms with Crippen LogP contribution in [0.4, 0.5) is 23.7 Å². The van der Waals surface area contributed by atoms with Gasteiger partial charge in [-0.15, -0.1) is 0 Å². The molecule has 3 amide bonds. The van der Waals surface area contributed by atoms with Crippen molar-refractivity contribution in [2.45, 2.75) is 31.5 Å². The summed E-state index contributed by atoms with van der Waals surface area (Å²) in [6.45, 7) is 0.345. The summed E-state index contributed by atoms with van der Waals surface area (Å²) in [5, 5.41) is 0. The van der Waals surface area contributed by atoms with Crippen molar-refractivity contribution in [3.05, 3.63) is 29.8 Å². The van der Waals surface area contributed by atoms with E-state index in [1.807, 2.05) is 0 Å². The highest BCUT2D eigenvalue weighted by molar-refractivity contribution is 6.15. The third-order valence-electron chi connectivity index (χ3n) is 3.67. The standard InChI is InChI=1S/C14H13F3N2O2/c15-14(16,17)9-2-1-3-11(8-9)19-12(20)6-7-18(13(19)21)10-4-5-10/h1-3,8,10H,4-7H2. The average molecular weight is 298 g/mol. The topological polar surface area (TPSA) is 40.6 Å². The number of rotatable bonds is 2. The molecule has 4 nitrogen and oxygen atoms in total. The molecule has 1 aliphatic carbocycles. The number of carbonyl (C=O) groups excluding carboxylic acids is 2. The highest BCUT2D eigenvalue weighted by Crippen LogP contribution is 2.34. The molecule has 7 heteroatoms. The minimum atomic E-state index is -4.51. The number of hydrogen-bond acceptors (Lipinski definition) is 2. The Kier molecular flexibility index (Phi) is 3.15. The number of halogens is 3. The molecule has 0 unspecified atom stereocenters. The Hall–Kier alpha value is -2.05. The quantitative estimate of drug-likeness (QED) is 0.842. The Balaban J connectivity index is 1.93. The molecule has 1 aliphatic heterocycles. The normalized spacial score (nSPS) is 20.1. The molecule has 2 aliphatic rings. The van der Waals surface area contributed by atoms with E-state index in [2.05, 4.69) is 0 Å². The first-order valence-corrected chi connectivity index (χ1v) is 6.69. The highest BCUT2D eigenvalue weighted by Gasteiger charge is 2.41. The molecule has 1 heterocycles. The molecule has 21 heavy (non-hydrogen) atoms. The van der Waals surface area contributed by atoms with Crippen molar-refractivity contribution in [3.8, 4) is 0 Å². The molecule has 1 aromatic rings. The number of alkyl halides is 3. The van der Waals surface area contributed by atoms with Crippen molar-refractivity contribution in [1.82, 2.24) is 4.90 Å². The molecular weight excluding hydrogens is 285 g/mol. The van der Waals surface area contributed by atoms with Crippen molar-refractivity contribution in [1.29, 1.82) is 0 Å². The van der Waals surface area contributed by atoms with Crippen LogP contribution in [0.1, 0.15) is 24.8 Å². The molecule has 0 radical (unpaired) electrons. The Morgan fingerprint density at radius 2 is 1.86 bits per heavy atom. The first kappa shape index (κ1) is 13.9. The lowest BCUT2D eigenvalue weighted by atomic mass is 10.1. The van der Waals surface area contributed by atoms with Crippen LogP contribution in [0.3, 0.4) is 0 Å². The van der Waals surface area contributed by atoms with Crippen molar-refractivity contribution < 1.29 is 22.8 Å². The van der Waals surface area contributed by atoms with Crippen LogP contribution < -0.4 is 4.90 Å². The van der Waals surface area contributed by atoms with E-state index in [0.717, 1.165) is 29.9 Å². The van der Waals surface area contributed by atoms with Gasteiger partial charge in [-0.3, -0.25) is 4.79 Å². The monoisotopic (exact) mass is 298 g/mol. The number of nitrogens with zero attached hydrogens (tertiary/aromatic N) is 2. The van der Waals surface area contributed by atoms with Crippen molar-refractivity contribution >= 4 is 17.6 Å². The second-order valence-corrected chi connectivity index (χ2v) is 5.23. The van der Waals surface area contributed by atoms with Crippen LogP contribution >= 0.6 is 0 Å². The predicted octanol–water partition coefficient (Wildman–Crippen LogP) is 3.03. The summed E-state index contributed by atoms with van der Waals surface area (Å²) in [6.07, 6.45) is -2.60. The largest absolute Gasteiger partial charge is 0.416 e. The molecule has 0 atom stereocenters. The van der Waals surface area contributed by atoms with E-state index in [9.17, 15) is 22.8 Å². The summed E-state index contributed by atoms with van der Waals surface area (Å²) in [4.78, 5) is 26.7. The van der Waals surface area contributed by atoms with Crippen LogP contribution in [-0.2, 0) is 11.0 Å².